The molecule has 2 aromatic carbocycles. The van der Waals surface area contributed by atoms with Crippen LogP contribution in [-0.2, 0) is 13.1 Å². The molecule has 3 heterocycles. The average molecular weight is 624 g/mol. The Morgan fingerprint density at radius 2 is 2.02 bits per heavy atom. The SMILES string of the molecule is Cc1nc2cc(C(F)F)c(CN(C)C)c(C#N)c2c(=O)n1CCOc1ccc(Cl)cc1-c1ccnc2c(C(=O)O)csc12. The van der Waals surface area contributed by atoms with Gasteiger partial charge in [-0.05, 0) is 56.9 Å². The number of benzene rings is 2. The van der Waals surface area contributed by atoms with Crippen LogP contribution < -0.4 is 10.3 Å². The second kappa shape index (κ2) is 12.0. The Hall–Kier alpha value is -4.44. The Balaban J connectivity index is 1.52. The highest BCUT2D eigenvalue weighted by molar-refractivity contribution is 7.18. The van der Waals surface area contributed by atoms with E-state index in [0.29, 0.717) is 32.1 Å². The molecule has 1 N–H and O–H groups in total. The third-order valence-corrected chi connectivity index (χ3v) is 8.13. The molecule has 5 aromatic rings. The summed E-state index contributed by atoms with van der Waals surface area (Å²) in [5.74, 6) is -0.367. The number of hydrogen-bond acceptors (Lipinski definition) is 8. The first-order valence-corrected chi connectivity index (χ1v) is 14.2. The third kappa shape index (κ3) is 5.67. The van der Waals surface area contributed by atoms with Gasteiger partial charge in [-0.15, -0.1) is 11.3 Å². The molecule has 13 heteroatoms. The predicted molar refractivity (Wildman–Crippen MR) is 160 cm³/mol. The quantitative estimate of drug-likeness (QED) is 0.204. The molecule has 0 spiro atoms. The van der Waals surface area contributed by atoms with Gasteiger partial charge in [0.15, 0.2) is 0 Å². The maximum Gasteiger partial charge on any atom is 0.338 e. The van der Waals surface area contributed by atoms with Crippen molar-refractivity contribution in [3.05, 3.63) is 85.4 Å². The molecule has 0 amide bonds. The van der Waals surface area contributed by atoms with Crippen molar-refractivity contribution < 1.29 is 23.4 Å². The highest BCUT2D eigenvalue weighted by Crippen LogP contribution is 2.39. The number of carboxylic acid groups (broad SMARTS) is 1. The van der Waals surface area contributed by atoms with E-state index < -0.39 is 18.0 Å². The molecule has 0 bridgehead atoms. The van der Waals surface area contributed by atoms with Gasteiger partial charge in [-0.1, -0.05) is 11.6 Å². The third-order valence-electron chi connectivity index (χ3n) is 6.89. The summed E-state index contributed by atoms with van der Waals surface area (Å²) in [6.07, 6.45) is -1.33. The number of alkyl halides is 2. The van der Waals surface area contributed by atoms with Crippen LogP contribution in [0.3, 0.4) is 0 Å². The number of rotatable bonds is 9. The molecule has 0 aliphatic heterocycles. The lowest BCUT2D eigenvalue weighted by Gasteiger charge is -2.19. The fourth-order valence-electron chi connectivity index (χ4n) is 5.00. The predicted octanol–water partition coefficient (Wildman–Crippen LogP) is 6.28. The largest absolute Gasteiger partial charge is 0.491 e. The van der Waals surface area contributed by atoms with E-state index in [1.807, 2.05) is 6.07 Å². The zero-order valence-corrected chi connectivity index (χ0v) is 24.8. The topological polar surface area (TPSA) is 121 Å². The lowest BCUT2D eigenvalue weighted by Crippen LogP contribution is -2.28. The lowest BCUT2D eigenvalue weighted by atomic mass is 9.97. The van der Waals surface area contributed by atoms with Crippen LogP contribution in [-0.4, -0.2) is 51.2 Å². The minimum atomic E-state index is -2.84. The summed E-state index contributed by atoms with van der Waals surface area (Å²) in [6, 6.07) is 9.92. The first kappa shape index (κ1) is 30.0. The fourth-order valence-corrected chi connectivity index (χ4v) is 6.20. The van der Waals surface area contributed by atoms with Crippen molar-refractivity contribution >= 4 is 50.0 Å². The summed E-state index contributed by atoms with van der Waals surface area (Å²) < 4.78 is 36.0. The van der Waals surface area contributed by atoms with Crippen LogP contribution in [0.5, 0.6) is 5.75 Å². The van der Waals surface area contributed by atoms with E-state index in [2.05, 4.69) is 9.97 Å². The van der Waals surface area contributed by atoms with E-state index in [-0.39, 0.29) is 58.7 Å². The maximum atomic E-state index is 13.9. The monoisotopic (exact) mass is 623 g/mol. The highest BCUT2D eigenvalue weighted by Gasteiger charge is 2.24. The van der Waals surface area contributed by atoms with E-state index in [1.165, 1.54) is 33.5 Å². The van der Waals surface area contributed by atoms with E-state index in [9.17, 15) is 28.7 Å². The zero-order chi connectivity index (χ0) is 31.0. The Labute approximate surface area is 253 Å². The Morgan fingerprint density at radius 3 is 2.70 bits per heavy atom. The molecule has 0 aliphatic rings. The number of aryl methyl sites for hydroxylation is 1. The number of nitrogens with zero attached hydrogens (tertiary/aromatic N) is 5. The lowest BCUT2D eigenvalue weighted by molar-refractivity contribution is 0.0699. The first-order chi connectivity index (χ1) is 20.5. The molecule has 0 aliphatic carbocycles. The minimum absolute atomic E-state index is 0.0170. The summed E-state index contributed by atoms with van der Waals surface area (Å²) in [7, 11) is 3.38. The average Bonchev–Trinajstić information content (AvgIpc) is 3.40. The van der Waals surface area contributed by atoms with Crippen molar-refractivity contribution in [1.29, 1.82) is 5.26 Å². The van der Waals surface area contributed by atoms with Crippen molar-refractivity contribution in [2.24, 2.45) is 0 Å². The van der Waals surface area contributed by atoms with Gasteiger partial charge in [0.1, 0.15) is 24.3 Å². The number of halogens is 3. The second-order valence-electron chi connectivity index (χ2n) is 9.96. The smallest absolute Gasteiger partial charge is 0.338 e. The molecule has 0 radical (unpaired) electrons. The van der Waals surface area contributed by atoms with E-state index in [4.69, 9.17) is 16.3 Å². The van der Waals surface area contributed by atoms with Crippen molar-refractivity contribution in [3.63, 3.8) is 0 Å². The number of aromatic carboxylic acids is 1. The maximum absolute atomic E-state index is 13.9. The fraction of sp³-hybridized carbons (Fsp3) is 0.233. The second-order valence-corrected chi connectivity index (χ2v) is 11.3. The van der Waals surface area contributed by atoms with Gasteiger partial charge < -0.3 is 14.7 Å². The zero-order valence-electron chi connectivity index (χ0n) is 23.2. The number of ether oxygens (including phenoxy) is 1. The van der Waals surface area contributed by atoms with Gasteiger partial charge in [0.2, 0.25) is 0 Å². The van der Waals surface area contributed by atoms with Gasteiger partial charge in [0.25, 0.3) is 12.0 Å². The number of fused-ring (bicyclic) bond motifs is 2. The standard InChI is InChI=1S/C30H24ClF2N5O4S/c1-15-36-23-11-19(28(32)33)21(13-37(2)3)20(12-34)25(23)29(39)38(15)8-9-42-24-5-4-16(31)10-18(24)17-6-7-35-26-22(30(40)41)14-43-27(17)26/h4-7,10-11,14,28H,8-9,13H2,1-3H3,(H,40,41). The summed E-state index contributed by atoms with van der Waals surface area (Å²) in [4.78, 5) is 35.6. The van der Waals surface area contributed by atoms with Crippen LogP contribution in [0.2, 0.25) is 5.02 Å². The molecule has 0 saturated heterocycles. The number of pyridine rings is 1. The van der Waals surface area contributed by atoms with E-state index >= 15 is 0 Å². The number of nitriles is 1. The molecule has 9 nitrogen and oxygen atoms in total. The minimum Gasteiger partial charge on any atom is -0.491 e. The number of carboxylic acids is 1. The molecule has 0 atom stereocenters. The molecule has 0 saturated carbocycles. The molecule has 220 valence electrons. The Morgan fingerprint density at radius 1 is 1.26 bits per heavy atom. The molecule has 0 unspecified atom stereocenters. The van der Waals surface area contributed by atoms with Crippen molar-refractivity contribution in [2.45, 2.75) is 26.4 Å². The van der Waals surface area contributed by atoms with Gasteiger partial charge >= 0.3 is 5.97 Å². The normalized spacial score (nSPS) is 11.5. The van der Waals surface area contributed by atoms with Gasteiger partial charge in [0, 0.05) is 39.8 Å². The summed E-state index contributed by atoms with van der Waals surface area (Å²) in [5.41, 5.74) is 0.886. The van der Waals surface area contributed by atoms with Crippen molar-refractivity contribution in [1.82, 2.24) is 19.4 Å². The molecular formula is C30H24ClF2N5O4S. The van der Waals surface area contributed by atoms with E-state index in [0.717, 1.165) is 0 Å². The molecule has 43 heavy (non-hydrogen) atoms. The Kier molecular flexibility index (Phi) is 8.41. The number of carbonyl (C=O) groups is 1. The van der Waals surface area contributed by atoms with Crippen LogP contribution in [0.4, 0.5) is 8.78 Å². The molecule has 0 fully saturated rings. The highest BCUT2D eigenvalue weighted by atomic mass is 35.5. The molecule has 5 rings (SSSR count). The van der Waals surface area contributed by atoms with Gasteiger partial charge in [-0.2, -0.15) is 5.26 Å². The van der Waals surface area contributed by atoms with Gasteiger partial charge in [0.05, 0.1) is 38.8 Å². The van der Waals surface area contributed by atoms with E-state index in [1.54, 1.807) is 50.2 Å². The van der Waals surface area contributed by atoms with Crippen molar-refractivity contribution in [2.75, 3.05) is 20.7 Å². The molecular weight excluding hydrogens is 600 g/mol. The Bertz CT molecular complexity index is 2000. The van der Waals surface area contributed by atoms with Gasteiger partial charge in [-0.25, -0.2) is 18.6 Å². The van der Waals surface area contributed by atoms with Crippen molar-refractivity contribution in [3.8, 4) is 22.9 Å². The van der Waals surface area contributed by atoms with Crippen LogP contribution in [0, 0.1) is 18.3 Å². The van der Waals surface area contributed by atoms with Crippen LogP contribution in [0.25, 0.3) is 32.2 Å². The first-order valence-electron chi connectivity index (χ1n) is 12.9. The summed E-state index contributed by atoms with van der Waals surface area (Å²) >= 11 is 7.55. The number of hydrogen-bond donors (Lipinski definition) is 1. The molecule has 3 aromatic heterocycles. The summed E-state index contributed by atoms with van der Waals surface area (Å²) in [5, 5.41) is 21.4. The number of aromatic nitrogens is 3. The van der Waals surface area contributed by atoms with Gasteiger partial charge in [-0.3, -0.25) is 14.3 Å². The summed E-state index contributed by atoms with van der Waals surface area (Å²) in [6.45, 7) is 1.70. The van der Waals surface area contributed by atoms with Crippen LogP contribution >= 0.6 is 22.9 Å². The van der Waals surface area contributed by atoms with Crippen LogP contribution in [0.1, 0.15) is 39.3 Å². The number of thiophene rings is 1. The van der Waals surface area contributed by atoms with Crippen LogP contribution in [0.15, 0.2) is 46.7 Å².